The molecule has 5 nitrogen and oxygen atoms in total. The molecule has 1 aromatic rings. The monoisotopic (exact) mass is 242 g/mol. The second-order valence-electron chi connectivity index (χ2n) is 4.00. The van der Waals surface area contributed by atoms with Crippen LogP contribution >= 0.6 is 11.6 Å². The fourth-order valence-electron chi connectivity index (χ4n) is 1.48. The lowest BCUT2D eigenvalue weighted by Crippen LogP contribution is -2.25. The number of rotatable bonds is 6. The van der Waals surface area contributed by atoms with Crippen molar-refractivity contribution < 1.29 is 4.79 Å². The van der Waals surface area contributed by atoms with Gasteiger partial charge in [0.05, 0.1) is 0 Å². The molecule has 0 atom stereocenters. The number of aryl methyl sites for hydroxylation is 1. The average Bonchev–Trinajstić information content (AvgIpc) is 3.05. The van der Waals surface area contributed by atoms with Crippen LogP contribution in [0.2, 0.25) is 0 Å². The molecule has 1 saturated carbocycles. The Morgan fingerprint density at radius 3 is 3.06 bits per heavy atom. The van der Waals surface area contributed by atoms with Crippen LogP contribution in [0.3, 0.4) is 0 Å². The van der Waals surface area contributed by atoms with Gasteiger partial charge in [-0.25, -0.2) is 4.98 Å². The van der Waals surface area contributed by atoms with Crippen molar-refractivity contribution in [1.82, 2.24) is 20.5 Å². The zero-order valence-electron chi connectivity index (χ0n) is 9.00. The molecule has 1 aromatic heterocycles. The van der Waals surface area contributed by atoms with E-state index in [2.05, 4.69) is 20.5 Å². The third-order valence-electron chi connectivity index (χ3n) is 2.53. The van der Waals surface area contributed by atoms with Gasteiger partial charge < -0.3 is 5.32 Å². The highest BCUT2D eigenvalue weighted by atomic mass is 35.5. The first kappa shape index (κ1) is 11.4. The second-order valence-corrected chi connectivity index (χ2v) is 4.27. The summed E-state index contributed by atoms with van der Waals surface area (Å²) in [5.74, 6) is 2.33. The molecule has 1 amide bonds. The molecule has 2 rings (SSSR count). The quantitative estimate of drug-likeness (QED) is 0.577. The number of aromatic amines is 1. The Balaban J connectivity index is 1.66. The highest BCUT2D eigenvalue weighted by Gasteiger charge is 2.27. The molecule has 88 valence electrons. The minimum atomic E-state index is -0.127. The zero-order valence-corrected chi connectivity index (χ0v) is 9.76. The van der Waals surface area contributed by atoms with Crippen molar-refractivity contribution in [3.05, 3.63) is 11.6 Å². The molecule has 0 radical (unpaired) electrons. The SMILES string of the molecule is O=C(CCl)NCCCc1nc(C2CC2)n[nH]1. The molecule has 0 spiro atoms. The maximum Gasteiger partial charge on any atom is 0.234 e. The number of amides is 1. The number of nitrogens with zero attached hydrogens (tertiary/aromatic N) is 2. The van der Waals surface area contributed by atoms with Crippen molar-refractivity contribution >= 4 is 17.5 Å². The molecule has 0 saturated heterocycles. The summed E-state index contributed by atoms with van der Waals surface area (Å²) in [6, 6.07) is 0. The first-order valence-corrected chi connectivity index (χ1v) is 6.07. The summed E-state index contributed by atoms with van der Waals surface area (Å²) in [6.07, 6.45) is 4.08. The van der Waals surface area contributed by atoms with E-state index in [1.54, 1.807) is 0 Å². The lowest BCUT2D eigenvalue weighted by atomic mass is 10.3. The maximum atomic E-state index is 10.8. The number of hydrogen-bond acceptors (Lipinski definition) is 3. The van der Waals surface area contributed by atoms with Crippen molar-refractivity contribution in [1.29, 1.82) is 0 Å². The summed E-state index contributed by atoms with van der Waals surface area (Å²) in [4.78, 5) is 15.2. The van der Waals surface area contributed by atoms with E-state index in [-0.39, 0.29) is 11.8 Å². The van der Waals surface area contributed by atoms with Gasteiger partial charge in [-0.2, -0.15) is 5.10 Å². The number of carbonyl (C=O) groups is 1. The predicted octanol–water partition coefficient (Wildman–Crippen LogP) is 0.970. The Hall–Kier alpha value is -1.10. The number of nitrogens with one attached hydrogen (secondary N) is 2. The molecule has 6 heteroatoms. The molecular weight excluding hydrogens is 228 g/mol. The highest BCUT2D eigenvalue weighted by Crippen LogP contribution is 2.37. The van der Waals surface area contributed by atoms with E-state index < -0.39 is 0 Å². The van der Waals surface area contributed by atoms with Gasteiger partial charge in [0.1, 0.15) is 11.7 Å². The third kappa shape index (κ3) is 3.20. The number of hydrogen-bond donors (Lipinski definition) is 2. The van der Waals surface area contributed by atoms with Crippen molar-refractivity contribution in [2.75, 3.05) is 12.4 Å². The van der Waals surface area contributed by atoms with Gasteiger partial charge in [0.2, 0.25) is 5.91 Å². The molecule has 0 bridgehead atoms. The summed E-state index contributed by atoms with van der Waals surface area (Å²) in [5, 5.41) is 9.80. The number of halogens is 1. The Morgan fingerprint density at radius 1 is 1.56 bits per heavy atom. The van der Waals surface area contributed by atoms with Crippen molar-refractivity contribution in [2.24, 2.45) is 0 Å². The second kappa shape index (κ2) is 5.30. The van der Waals surface area contributed by atoms with E-state index in [0.717, 1.165) is 24.5 Å². The van der Waals surface area contributed by atoms with Gasteiger partial charge in [0, 0.05) is 18.9 Å². The van der Waals surface area contributed by atoms with Crippen LogP contribution in [-0.2, 0) is 11.2 Å². The van der Waals surface area contributed by atoms with Crippen LogP contribution in [0.25, 0.3) is 0 Å². The van der Waals surface area contributed by atoms with Gasteiger partial charge in [-0.1, -0.05) is 0 Å². The van der Waals surface area contributed by atoms with Crippen LogP contribution in [0, 0.1) is 0 Å². The molecule has 0 unspecified atom stereocenters. The van der Waals surface area contributed by atoms with E-state index >= 15 is 0 Å². The first-order valence-electron chi connectivity index (χ1n) is 5.53. The summed E-state index contributed by atoms with van der Waals surface area (Å²) in [5.41, 5.74) is 0. The summed E-state index contributed by atoms with van der Waals surface area (Å²) in [7, 11) is 0. The highest BCUT2D eigenvalue weighted by molar-refractivity contribution is 6.27. The van der Waals surface area contributed by atoms with Crippen molar-refractivity contribution in [3.8, 4) is 0 Å². The van der Waals surface area contributed by atoms with Gasteiger partial charge >= 0.3 is 0 Å². The van der Waals surface area contributed by atoms with Crippen LogP contribution < -0.4 is 5.32 Å². The van der Waals surface area contributed by atoms with Crippen LogP contribution in [0.15, 0.2) is 0 Å². The predicted molar refractivity (Wildman–Crippen MR) is 60.4 cm³/mol. The molecule has 2 N–H and O–H groups in total. The molecule has 16 heavy (non-hydrogen) atoms. The number of carbonyl (C=O) groups excluding carboxylic acids is 1. The molecule has 1 aliphatic rings. The molecule has 0 aliphatic heterocycles. The van der Waals surface area contributed by atoms with Gasteiger partial charge in [-0.15, -0.1) is 11.6 Å². The Morgan fingerprint density at radius 2 is 2.38 bits per heavy atom. The van der Waals surface area contributed by atoms with E-state index in [1.807, 2.05) is 0 Å². The number of H-pyrrole nitrogens is 1. The normalized spacial score (nSPS) is 15.1. The van der Waals surface area contributed by atoms with Crippen LogP contribution in [0.4, 0.5) is 0 Å². The Kier molecular flexibility index (Phi) is 3.77. The summed E-state index contributed by atoms with van der Waals surface area (Å²) < 4.78 is 0. The lowest BCUT2D eigenvalue weighted by Gasteiger charge is -2.00. The molecular formula is C10H15ClN4O. The van der Waals surface area contributed by atoms with Crippen molar-refractivity contribution in [2.45, 2.75) is 31.6 Å². The summed E-state index contributed by atoms with van der Waals surface area (Å²) in [6.45, 7) is 0.630. The standard InChI is InChI=1S/C10H15ClN4O/c11-6-9(16)12-5-1-2-8-13-10(15-14-8)7-3-4-7/h7H,1-6H2,(H,12,16)(H,13,14,15). The average molecular weight is 243 g/mol. The van der Waals surface area contributed by atoms with E-state index in [1.165, 1.54) is 12.8 Å². The lowest BCUT2D eigenvalue weighted by molar-refractivity contribution is -0.118. The van der Waals surface area contributed by atoms with Crippen LogP contribution in [-0.4, -0.2) is 33.5 Å². The minimum absolute atomic E-state index is 0.0220. The van der Waals surface area contributed by atoms with E-state index in [4.69, 9.17) is 11.6 Å². The maximum absolute atomic E-state index is 10.8. The Bertz CT molecular complexity index is 361. The molecule has 0 aromatic carbocycles. The Labute approximate surface area is 99.0 Å². The van der Waals surface area contributed by atoms with E-state index in [0.29, 0.717) is 12.5 Å². The third-order valence-corrected chi connectivity index (χ3v) is 2.77. The minimum Gasteiger partial charge on any atom is -0.355 e. The largest absolute Gasteiger partial charge is 0.355 e. The fourth-order valence-corrected chi connectivity index (χ4v) is 1.57. The van der Waals surface area contributed by atoms with Gasteiger partial charge in [0.25, 0.3) is 0 Å². The topological polar surface area (TPSA) is 70.7 Å². The number of aromatic nitrogens is 3. The smallest absolute Gasteiger partial charge is 0.234 e. The van der Waals surface area contributed by atoms with Gasteiger partial charge in [-0.05, 0) is 19.3 Å². The van der Waals surface area contributed by atoms with E-state index in [9.17, 15) is 4.79 Å². The molecule has 1 fully saturated rings. The number of alkyl halides is 1. The molecule has 1 aliphatic carbocycles. The zero-order chi connectivity index (χ0) is 11.4. The van der Waals surface area contributed by atoms with Crippen LogP contribution in [0.5, 0.6) is 0 Å². The fraction of sp³-hybridized carbons (Fsp3) is 0.700. The van der Waals surface area contributed by atoms with Gasteiger partial charge in [0.15, 0.2) is 5.82 Å². The first-order chi connectivity index (χ1) is 7.79. The van der Waals surface area contributed by atoms with Gasteiger partial charge in [-0.3, -0.25) is 9.89 Å². The molecule has 1 heterocycles. The summed E-state index contributed by atoms with van der Waals surface area (Å²) >= 11 is 5.35. The van der Waals surface area contributed by atoms with Crippen LogP contribution in [0.1, 0.15) is 36.8 Å². The van der Waals surface area contributed by atoms with Crippen molar-refractivity contribution in [3.63, 3.8) is 0 Å².